The van der Waals surface area contributed by atoms with E-state index in [1.54, 1.807) is 16.9 Å². The van der Waals surface area contributed by atoms with Crippen molar-refractivity contribution in [1.29, 1.82) is 0 Å². The molecule has 0 radical (unpaired) electrons. The van der Waals surface area contributed by atoms with E-state index in [2.05, 4.69) is 20.4 Å². The molecule has 0 bridgehead atoms. The number of hydrogen-bond acceptors (Lipinski definition) is 6. The van der Waals surface area contributed by atoms with Gasteiger partial charge in [-0.15, -0.1) is 5.10 Å². The number of aromatic nitrogens is 3. The van der Waals surface area contributed by atoms with Crippen LogP contribution in [-0.4, -0.2) is 36.5 Å². The number of nitrogens with zero attached hydrogens (tertiary/aromatic N) is 3. The van der Waals surface area contributed by atoms with Gasteiger partial charge in [-0.3, -0.25) is 4.68 Å². The number of hydrogen-bond donors (Lipinski definition) is 2. The van der Waals surface area contributed by atoms with Crippen LogP contribution < -0.4 is 10.0 Å². The van der Waals surface area contributed by atoms with Gasteiger partial charge in [-0.05, 0) is 18.7 Å². The summed E-state index contributed by atoms with van der Waals surface area (Å²) in [5.41, 5.74) is 0. The van der Waals surface area contributed by atoms with Crippen LogP contribution in [0.15, 0.2) is 34.0 Å². The number of sulfonamides is 1. The van der Waals surface area contributed by atoms with E-state index in [0.717, 1.165) is 6.54 Å². The van der Waals surface area contributed by atoms with Gasteiger partial charge in [-0.1, -0.05) is 12.1 Å². The van der Waals surface area contributed by atoms with Crippen molar-refractivity contribution >= 4 is 10.0 Å². The quantitative estimate of drug-likeness (QED) is 0.709. The highest BCUT2D eigenvalue weighted by atomic mass is 32.2. The molecule has 0 aliphatic rings. The molecule has 0 atom stereocenters. The largest absolute Gasteiger partial charge is 0.447 e. The second-order valence-corrected chi connectivity index (χ2v) is 5.76. The minimum Gasteiger partial charge on any atom is -0.447 e. The Labute approximate surface area is 117 Å². The Kier molecular flexibility index (Phi) is 4.88. The predicted octanol–water partition coefficient (Wildman–Crippen LogP) is -0.0409. The van der Waals surface area contributed by atoms with Crippen molar-refractivity contribution in [2.45, 2.75) is 25.1 Å². The van der Waals surface area contributed by atoms with Crippen LogP contribution in [0.4, 0.5) is 0 Å². The van der Waals surface area contributed by atoms with E-state index in [4.69, 9.17) is 4.42 Å². The fourth-order valence-electron chi connectivity index (χ4n) is 1.56. The molecule has 0 aliphatic heterocycles. The van der Waals surface area contributed by atoms with E-state index in [1.165, 1.54) is 12.3 Å². The Hall–Kier alpha value is -1.71. The molecule has 8 nitrogen and oxygen atoms in total. The van der Waals surface area contributed by atoms with Crippen LogP contribution in [0.25, 0.3) is 0 Å². The first-order chi connectivity index (χ1) is 9.62. The van der Waals surface area contributed by atoms with Crippen molar-refractivity contribution in [2.75, 3.05) is 13.1 Å². The molecule has 0 saturated heterocycles. The van der Waals surface area contributed by atoms with Crippen LogP contribution in [0, 0.1) is 0 Å². The summed E-state index contributed by atoms with van der Waals surface area (Å²) in [6.45, 7) is 3.88. The van der Waals surface area contributed by atoms with Gasteiger partial charge in [-0.25, -0.2) is 13.1 Å². The van der Waals surface area contributed by atoms with E-state index < -0.39 is 10.0 Å². The van der Waals surface area contributed by atoms with Crippen molar-refractivity contribution in [3.05, 3.63) is 30.3 Å². The molecule has 0 aliphatic carbocycles. The first-order valence-corrected chi connectivity index (χ1v) is 7.73. The van der Waals surface area contributed by atoms with Gasteiger partial charge in [0, 0.05) is 12.7 Å². The van der Waals surface area contributed by atoms with Crippen molar-refractivity contribution in [3.63, 3.8) is 0 Å². The average Bonchev–Trinajstić information content (AvgIpc) is 3.07. The summed E-state index contributed by atoms with van der Waals surface area (Å²) in [7, 11) is -3.62. The van der Waals surface area contributed by atoms with Crippen molar-refractivity contribution in [3.8, 4) is 0 Å². The van der Waals surface area contributed by atoms with Gasteiger partial charge >= 0.3 is 0 Å². The molecule has 2 aromatic rings. The maximum Gasteiger partial charge on any atom is 0.274 e. The molecule has 9 heteroatoms. The Morgan fingerprint density at radius 1 is 1.40 bits per heavy atom. The lowest BCUT2D eigenvalue weighted by Gasteiger charge is -2.04. The van der Waals surface area contributed by atoms with E-state index in [0.29, 0.717) is 18.8 Å². The van der Waals surface area contributed by atoms with Crippen LogP contribution >= 0.6 is 0 Å². The van der Waals surface area contributed by atoms with Gasteiger partial charge in [0.2, 0.25) is 5.09 Å². The van der Waals surface area contributed by atoms with E-state index in [1.807, 2.05) is 6.92 Å². The highest BCUT2D eigenvalue weighted by Gasteiger charge is 2.18. The predicted molar refractivity (Wildman–Crippen MR) is 71.3 cm³/mol. The van der Waals surface area contributed by atoms with Gasteiger partial charge < -0.3 is 9.73 Å². The monoisotopic (exact) mass is 299 g/mol. The van der Waals surface area contributed by atoms with Crippen molar-refractivity contribution < 1.29 is 12.8 Å². The maximum absolute atomic E-state index is 12.0. The molecule has 2 aromatic heterocycles. The van der Waals surface area contributed by atoms with Crippen LogP contribution in [-0.2, 0) is 23.1 Å². The van der Waals surface area contributed by atoms with E-state index in [9.17, 15) is 8.42 Å². The zero-order chi connectivity index (χ0) is 14.4. The topological polar surface area (TPSA) is 102 Å². The SMILES string of the molecule is CCNCc1ccc(S(=O)(=O)NCCn2ccnn2)o1. The zero-order valence-electron chi connectivity index (χ0n) is 11.1. The third-order valence-electron chi connectivity index (χ3n) is 2.56. The summed E-state index contributed by atoms with van der Waals surface area (Å²) in [6, 6.07) is 3.10. The van der Waals surface area contributed by atoms with Crippen LogP contribution in [0.3, 0.4) is 0 Å². The summed E-state index contributed by atoms with van der Waals surface area (Å²) < 4.78 is 33.2. The summed E-state index contributed by atoms with van der Waals surface area (Å²) in [4.78, 5) is 0. The Morgan fingerprint density at radius 3 is 2.95 bits per heavy atom. The number of nitrogens with one attached hydrogen (secondary N) is 2. The lowest BCUT2D eigenvalue weighted by atomic mass is 10.4. The fraction of sp³-hybridized carbons (Fsp3) is 0.455. The smallest absolute Gasteiger partial charge is 0.274 e. The molecule has 20 heavy (non-hydrogen) atoms. The van der Waals surface area contributed by atoms with Gasteiger partial charge in [0.05, 0.1) is 19.3 Å². The van der Waals surface area contributed by atoms with Gasteiger partial charge in [0.1, 0.15) is 5.76 Å². The third-order valence-corrected chi connectivity index (χ3v) is 3.89. The molecule has 2 N–H and O–H groups in total. The summed E-state index contributed by atoms with van der Waals surface area (Å²) in [5, 5.41) is 10.4. The minimum atomic E-state index is -3.62. The zero-order valence-corrected chi connectivity index (χ0v) is 11.9. The second kappa shape index (κ2) is 6.64. The first kappa shape index (κ1) is 14.7. The third kappa shape index (κ3) is 3.89. The molecule has 0 fully saturated rings. The number of furan rings is 1. The van der Waals surface area contributed by atoms with Crippen molar-refractivity contribution in [1.82, 2.24) is 25.0 Å². The number of rotatable bonds is 8. The van der Waals surface area contributed by atoms with Crippen LogP contribution in [0.5, 0.6) is 0 Å². The molecule has 0 spiro atoms. The molecular formula is C11H17N5O3S. The summed E-state index contributed by atoms with van der Waals surface area (Å²) in [6.07, 6.45) is 3.20. The van der Waals surface area contributed by atoms with Crippen LogP contribution in [0.2, 0.25) is 0 Å². The molecule has 0 saturated carbocycles. The van der Waals surface area contributed by atoms with E-state index in [-0.39, 0.29) is 11.6 Å². The lowest BCUT2D eigenvalue weighted by Crippen LogP contribution is -2.27. The minimum absolute atomic E-state index is 0.0796. The highest BCUT2D eigenvalue weighted by molar-refractivity contribution is 7.89. The molecule has 2 rings (SSSR count). The van der Waals surface area contributed by atoms with Gasteiger partial charge in [0.25, 0.3) is 10.0 Å². The second-order valence-electron chi connectivity index (χ2n) is 4.06. The van der Waals surface area contributed by atoms with Gasteiger partial charge in [-0.2, -0.15) is 0 Å². The van der Waals surface area contributed by atoms with Crippen molar-refractivity contribution in [2.24, 2.45) is 0 Å². The average molecular weight is 299 g/mol. The lowest BCUT2D eigenvalue weighted by molar-refractivity contribution is 0.401. The Morgan fingerprint density at radius 2 is 2.25 bits per heavy atom. The summed E-state index contributed by atoms with van der Waals surface area (Å²) >= 11 is 0. The Balaban J connectivity index is 1.90. The Bertz CT molecular complexity index is 620. The molecule has 0 amide bonds. The maximum atomic E-state index is 12.0. The molecule has 2 heterocycles. The molecule has 110 valence electrons. The normalized spacial score (nSPS) is 11.8. The fourth-order valence-corrected chi connectivity index (χ4v) is 2.53. The van der Waals surface area contributed by atoms with Gasteiger partial charge in [0.15, 0.2) is 0 Å². The molecule has 0 unspecified atom stereocenters. The van der Waals surface area contributed by atoms with Crippen LogP contribution in [0.1, 0.15) is 12.7 Å². The summed E-state index contributed by atoms with van der Waals surface area (Å²) in [5.74, 6) is 0.587. The van der Waals surface area contributed by atoms with E-state index >= 15 is 0 Å². The highest BCUT2D eigenvalue weighted by Crippen LogP contribution is 2.13. The molecule has 0 aromatic carbocycles. The molecular weight excluding hydrogens is 282 g/mol. The standard InChI is InChI=1S/C11H17N5O3S/c1-2-12-9-10-3-4-11(19-10)20(17,18)14-6-8-16-7-5-13-15-16/h3-5,7,12,14H,2,6,8-9H2,1H3. The first-order valence-electron chi connectivity index (χ1n) is 6.25.